The summed E-state index contributed by atoms with van der Waals surface area (Å²) >= 11 is 0. The molecule has 1 saturated carbocycles. The molecule has 0 radical (unpaired) electrons. The molecular formula is C23H26FN5O3. The predicted octanol–water partition coefficient (Wildman–Crippen LogP) is 3.69. The lowest BCUT2D eigenvalue weighted by Crippen LogP contribution is -2.49. The van der Waals surface area contributed by atoms with E-state index < -0.39 is 5.41 Å². The van der Waals surface area contributed by atoms with Gasteiger partial charge in [-0.05, 0) is 62.4 Å². The number of ether oxygens (including phenoxy) is 1. The summed E-state index contributed by atoms with van der Waals surface area (Å²) in [5.74, 6) is 0.982. The van der Waals surface area contributed by atoms with Crippen LogP contribution < -0.4 is 0 Å². The number of nitrogens with zero attached hydrogens (tertiary/aromatic N) is 4. The summed E-state index contributed by atoms with van der Waals surface area (Å²) in [4.78, 5) is 19.7. The van der Waals surface area contributed by atoms with E-state index in [0.717, 1.165) is 31.4 Å². The van der Waals surface area contributed by atoms with Crippen LogP contribution in [0.15, 0.2) is 34.9 Å². The van der Waals surface area contributed by atoms with Crippen molar-refractivity contribution in [2.24, 2.45) is 0 Å². The van der Waals surface area contributed by atoms with E-state index in [1.807, 2.05) is 11.0 Å². The van der Waals surface area contributed by atoms with E-state index in [2.05, 4.69) is 20.3 Å². The third-order valence-corrected chi connectivity index (χ3v) is 6.47. The van der Waals surface area contributed by atoms with Gasteiger partial charge in [-0.3, -0.25) is 9.89 Å². The minimum atomic E-state index is -0.485. The normalized spacial score (nSPS) is 21.1. The second-order valence-electron chi connectivity index (χ2n) is 8.77. The lowest BCUT2D eigenvalue weighted by Gasteiger charge is -2.40. The molecule has 32 heavy (non-hydrogen) atoms. The van der Waals surface area contributed by atoms with Gasteiger partial charge in [0.2, 0.25) is 0 Å². The van der Waals surface area contributed by atoms with Gasteiger partial charge in [-0.25, -0.2) is 4.39 Å². The van der Waals surface area contributed by atoms with E-state index in [-0.39, 0.29) is 11.7 Å². The predicted molar refractivity (Wildman–Crippen MR) is 114 cm³/mol. The topological polar surface area (TPSA) is 97.1 Å². The first kappa shape index (κ1) is 20.8. The number of rotatable bonds is 7. The van der Waals surface area contributed by atoms with E-state index >= 15 is 0 Å². The molecule has 0 bridgehead atoms. The number of hydrogen-bond donors (Lipinski definition) is 1. The maximum atomic E-state index is 13.3. The Bertz CT molecular complexity index is 1090. The highest BCUT2D eigenvalue weighted by atomic mass is 19.1. The van der Waals surface area contributed by atoms with Crippen LogP contribution in [-0.2, 0) is 10.2 Å². The Morgan fingerprint density at radius 3 is 2.91 bits per heavy atom. The highest BCUT2D eigenvalue weighted by Gasteiger charge is 2.43. The Morgan fingerprint density at radius 1 is 1.34 bits per heavy atom. The molecule has 1 aliphatic carbocycles. The second kappa shape index (κ2) is 8.46. The van der Waals surface area contributed by atoms with Gasteiger partial charge in [0, 0.05) is 44.0 Å². The number of carbonyl (C=O) groups is 1. The average Bonchev–Trinajstić information content (AvgIpc) is 3.33. The van der Waals surface area contributed by atoms with Crippen LogP contribution in [0, 0.1) is 5.82 Å². The summed E-state index contributed by atoms with van der Waals surface area (Å²) in [6, 6.07) is 7.83. The van der Waals surface area contributed by atoms with Crippen LogP contribution in [0.25, 0.3) is 11.5 Å². The van der Waals surface area contributed by atoms with E-state index in [9.17, 15) is 9.18 Å². The molecule has 0 spiro atoms. The molecule has 1 aliphatic heterocycles. The van der Waals surface area contributed by atoms with E-state index in [0.29, 0.717) is 55.0 Å². The molecule has 1 unspecified atom stereocenters. The van der Waals surface area contributed by atoms with Crippen LogP contribution >= 0.6 is 0 Å². The molecule has 9 heteroatoms. The Hall–Kier alpha value is -3.07. The SMILES string of the molecule is COCCC1(c2noc(-c3ccc(F)cc3)n2)CCCN(C(=O)c2cc(C3CC3)[nH]n2)C1. The summed E-state index contributed by atoms with van der Waals surface area (Å²) in [5, 5.41) is 11.6. The van der Waals surface area contributed by atoms with Crippen molar-refractivity contribution in [3.8, 4) is 11.5 Å². The number of H-pyrrole nitrogens is 1. The smallest absolute Gasteiger partial charge is 0.274 e. The fourth-order valence-corrected chi connectivity index (χ4v) is 4.46. The zero-order valence-electron chi connectivity index (χ0n) is 18.0. The number of amides is 1. The van der Waals surface area contributed by atoms with Crippen molar-refractivity contribution in [2.45, 2.75) is 43.4 Å². The number of piperidine rings is 1. The molecule has 168 valence electrons. The summed E-state index contributed by atoms with van der Waals surface area (Å²) in [6.07, 6.45) is 4.58. The Balaban J connectivity index is 1.40. The minimum absolute atomic E-state index is 0.0862. The van der Waals surface area contributed by atoms with Crippen molar-refractivity contribution in [1.29, 1.82) is 0 Å². The van der Waals surface area contributed by atoms with Crippen LogP contribution in [0.4, 0.5) is 4.39 Å². The molecule has 2 fully saturated rings. The van der Waals surface area contributed by atoms with Crippen LogP contribution in [0.3, 0.4) is 0 Å². The van der Waals surface area contributed by atoms with Crippen molar-refractivity contribution in [1.82, 2.24) is 25.2 Å². The van der Waals surface area contributed by atoms with Crippen molar-refractivity contribution in [3.05, 3.63) is 53.4 Å². The van der Waals surface area contributed by atoms with Crippen LogP contribution in [0.1, 0.15) is 60.0 Å². The van der Waals surface area contributed by atoms with Crippen LogP contribution in [0.5, 0.6) is 0 Å². The number of benzene rings is 1. The molecule has 5 rings (SSSR count). The lowest BCUT2D eigenvalue weighted by molar-refractivity contribution is 0.0561. The highest BCUT2D eigenvalue weighted by molar-refractivity contribution is 5.92. The van der Waals surface area contributed by atoms with Gasteiger partial charge < -0.3 is 14.2 Å². The summed E-state index contributed by atoms with van der Waals surface area (Å²) < 4.78 is 24.2. The highest BCUT2D eigenvalue weighted by Crippen LogP contribution is 2.40. The van der Waals surface area contributed by atoms with E-state index in [1.165, 1.54) is 12.1 Å². The van der Waals surface area contributed by atoms with Crippen LogP contribution in [0.2, 0.25) is 0 Å². The van der Waals surface area contributed by atoms with Crippen molar-refractivity contribution in [3.63, 3.8) is 0 Å². The monoisotopic (exact) mass is 439 g/mol. The average molecular weight is 439 g/mol. The number of hydrogen-bond acceptors (Lipinski definition) is 6. The quantitative estimate of drug-likeness (QED) is 0.603. The number of nitrogens with one attached hydrogen (secondary N) is 1. The molecule has 2 aliphatic rings. The zero-order valence-corrected chi connectivity index (χ0v) is 18.0. The minimum Gasteiger partial charge on any atom is -0.385 e. The molecule has 3 heterocycles. The molecule has 3 aromatic rings. The lowest BCUT2D eigenvalue weighted by atomic mass is 9.76. The van der Waals surface area contributed by atoms with Crippen LogP contribution in [-0.4, -0.2) is 58.0 Å². The molecule has 1 amide bonds. The molecule has 1 N–H and O–H groups in total. The summed E-state index contributed by atoms with van der Waals surface area (Å²) in [5.41, 5.74) is 1.66. The summed E-state index contributed by atoms with van der Waals surface area (Å²) in [7, 11) is 1.66. The van der Waals surface area contributed by atoms with Gasteiger partial charge in [0.05, 0.1) is 5.41 Å². The maximum Gasteiger partial charge on any atom is 0.274 e. The van der Waals surface area contributed by atoms with Gasteiger partial charge >= 0.3 is 0 Å². The Kier molecular flexibility index (Phi) is 5.50. The third kappa shape index (κ3) is 4.04. The number of carbonyl (C=O) groups excluding carboxylic acids is 1. The zero-order chi connectivity index (χ0) is 22.1. The van der Waals surface area contributed by atoms with Gasteiger partial charge in [-0.15, -0.1) is 0 Å². The van der Waals surface area contributed by atoms with Crippen molar-refractivity contribution < 1.29 is 18.4 Å². The Morgan fingerprint density at radius 2 is 2.16 bits per heavy atom. The molecule has 1 saturated heterocycles. The largest absolute Gasteiger partial charge is 0.385 e. The van der Waals surface area contributed by atoms with Gasteiger partial charge in [0.15, 0.2) is 5.82 Å². The standard InChI is InChI=1S/C23H26FN5O3/c1-31-12-10-23(22-25-20(32-28-22)16-5-7-17(24)8-6-16)9-2-11-29(14-23)21(30)19-13-18(26-27-19)15-3-4-15/h5-8,13,15H,2-4,9-12,14H2,1H3,(H,26,27). The molecule has 1 atom stereocenters. The third-order valence-electron chi connectivity index (χ3n) is 6.47. The maximum absolute atomic E-state index is 13.3. The van der Waals surface area contributed by atoms with Gasteiger partial charge in [0.25, 0.3) is 11.8 Å². The number of aromatic amines is 1. The molecule has 1 aromatic carbocycles. The van der Waals surface area contributed by atoms with Gasteiger partial charge in [-0.2, -0.15) is 10.1 Å². The second-order valence-corrected chi connectivity index (χ2v) is 8.77. The van der Waals surface area contributed by atoms with Crippen molar-refractivity contribution >= 4 is 5.91 Å². The number of methoxy groups -OCH3 is 1. The van der Waals surface area contributed by atoms with E-state index in [4.69, 9.17) is 9.26 Å². The number of aromatic nitrogens is 4. The first-order valence-electron chi connectivity index (χ1n) is 11.0. The first-order valence-corrected chi connectivity index (χ1v) is 11.0. The van der Waals surface area contributed by atoms with E-state index in [1.54, 1.807) is 19.2 Å². The van der Waals surface area contributed by atoms with Crippen molar-refractivity contribution in [2.75, 3.05) is 26.8 Å². The molecular weight excluding hydrogens is 413 g/mol. The first-order chi connectivity index (χ1) is 15.6. The fraction of sp³-hybridized carbons (Fsp3) is 0.478. The number of halogens is 1. The molecule has 8 nitrogen and oxygen atoms in total. The van der Waals surface area contributed by atoms with Gasteiger partial charge in [0.1, 0.15) is 11.5 Å². The summed E-state index contributed by atoms with van der Waals surface area (Å²) in [6.45, 7) is 1.63. The Labute approximate surface area is 185 Å². The number of likely N-dealkylation sites (tertiary alicyclic amines) is 1. The fourth-order valence-electron chi connectivity index (χ4n) is 4.46. The molecule has 2 aromatic heterocycles. The van der Waals surface area contributed by atoms with Gasteiger partial charge in [-0.1, -0.05) is 5.16 Å².